The normalized spacial score (nSPS) is 12.5. The molecular formula is C16H15N3O. The van der Waals surface area contributed by atoms with E-state index >= 15 is 0 Å². The molecule has 0 aliphatic rings. The molecular weight excluding hydrogens is 250 g/mol. The minimum absolute atomic E-state index is 0.356. The number of nitrogen functional groups attached to an aromatic ring is 1. The van der Waals surface area contributed by atoms with E-state index in [0.29, 0.717) is 11.4 Å². The molecule has 2 heterocycles. The number of aromatic nitrogens is 2. The second kappa shape index (κ2) is 4.90. The average Bonchev–Trinajstić information content (AvgIpc) is 2.48. The summed E-state index contributed by atoms with van der Waals surface area (Å²) in [5, 5.41) is 11.5. The first kappa shape index (κ1) is 12.6. The van der Waals surface area contributed by atoms with E-state index in [2.05, 4.69) is 9.97 Å². The molecule has 3 rings (SSSR count). The maximum Gasteiger partial charge on any atom is 0.129 e. The fraction of sp³-hybridized carbons (Fsp3) is 0.125. The zero-order valence-corrected chi connectivity index (χ0v) is 11.1. The summed E-state index contributed by atoms with van der Waals surface area (Å²) in [5.74, 6) is 0.356. The van der Waals surface area contributed by atoms with Crippen molar-refractivity contribution in [1.29, 1.82) is 0 Å². The minimum Gasteiger partial charge on any atom is -0.384 e. The summed E-state index contributed by atoms with van der Waals surface area (Å²) in [6.45, 7) is 1.92. The number of benzene rings is 1. The quantitative estimate of drug-likeness (QED) is 0.747. The summed E-state index contributed by atoms with van der Waals surface area (Å²) < 4.78 is 0. The largest absolute Gasteiger partial charge is 0.384 e. The molecule has 0 fully saturated rings. The van der Waals surface area contributed by atoms with Gasteiger partial charge < -0.3 is 10.8 Å². The van der Waals surface area contributed by atoms with Crippen LogP contribution >= 0.6 is 0 Å². The highest BCUT2D eigenvalue weighted by Gasteiger charge is 2.15. The van der Waals surface area contributed by atoms with Crippen LogP contribution in [-0.2, 0) is 0 Å². The van der Waals surface area contributed by atoms with Crippen LogP contribution in [0.2, 0.25) is 0 Å². The number of pyridine rings is 2. The minimum atomic E-state index is -0.785. The van der Waals surface area contributed by atoms with E-state index < -0.39 is 6.10 Å². The van der Waals surface area contributed by atoms with Gasteiger partial charge in [0.2, 0.25) is 0 Å². The fourth-order valence-electron chi connectivity index (χ4n) is 2.27. The molecule has 1 atom stereocenters. The first-order valence-corrected chi connectivity index (χ1v) is 6.40. The number of aliphatic hydroxyl groups excluding tert-OH is 1. The predicted molar refractivity (Wildman–Crippen MR) is 79.2 cm³/mol. The zero-order chi connectivity index (χ0) is 14.1. The maximum atomic E-state index is 10.5. The molecule has 1 unspecified atom stereocenters. The number of rotatable bonds is 2. The second-order valence-electron chi connectivity index (χ2n) is 4.85. The highest BCUT2D eigenvalue weighted by molar-refractivity contribution is 5.79. The van der Waals surface area contributed by atoms with E-state index in [1.807, 2.05) is 43.3 Å². The summed E-state index contributed by atoms with van der Waals surface area (Å²) in [4.78, 5) is 8.36. The Kier molecular flexibility index (Phi) is 3.08. The van der Waals surface area contributed by atoms with Gasteiger partial charge in [0.25, 0.3) is 0 Å². The van der Waals surface area contributed by atoms with E-state index in [9.17, 15) is 5.11 Å². The maximum absolute atomic E-state index is 10.5. The molecule has 0 spiro atoms. The van der Waals surface area contributed by atoms with Gasteiger partial charge in [-0.1, -0.05) is 12.1 Å². The molecule has 0 saturated heterocycles. The van der Waals surface area contributed by atoms with Gasteiger partial charge in [-0.25, -0.2) is 4.98 Å². The van der Waals surface area contributed by atoms with Crippen molar-refractivity contribution in [1.82, 2.24) is 9.97 Å². The molecule has 0 radical (unpaired) electrons. The number of aliphatic hydroxyl groups is 1. The molecule has 0 aliphatic carbocycles. The number of nitrogens with two attached hydrogens (primary N) is 1. The van der Waals surface area contributed by atoms with E-state index in [4.69, 9.17) is 5.73 Å². The summed E-state index contributed by atoms with van der Waals surface area (Å²) in [5.41, 5.74) is 9.14. The Morgan fingerprint density at radius 3 is 2.85 bits per heavy atom. The van der Waals surface area contributed by atoms with Gasteiger partial charge in [0.15, 0.2) is 0 Å². The van der Waals surface area contributed by atoms with E-state index in [-0.39, 0.29) is 0 Å². The summed E-state index contributed by atoms with van der Waals surface area (Å²) >= 11 is 0. The van der Waals surface area contributed by atoms with Crippen molar-refractivity contribution < 1.29 is 5.11 Å². The number of aryl methyl sites for hydroxylation is 1. The lowest BCUT2D eigenvalue weighted by molar-refractivity contribution is 0.221. The molecule has 100 valence electrons. The Morgan fingerprint density at radius 1 is 1.15 bits per heavy atom. The monoisotopic (exact) mass is 265 g/mol. The Hall–Kier alpha value is -2.46. The SMILES string of the molecule is Cc1cnc(N)c(C(O)c2ccc3ncccc3c2)c1. The zero-order valence-electron chi connectivity index (χ0n) is 11.1. The van der Waals surface area contributed by atoms with Crippen LogP contribution in [0.4, 0.5) is 5.82 Å². The Balaban J connectivity index is 2.07. The standard InChI is InChI=1S/C16H15N3O/c1-10-7-13(16(17)19-9-10)15(20)12-4-5-14-11(8-12)3-2-6-18-14/h2-9,15,20H,1H3,(H2,17,19). The number of nitrogens with zero attached hydrogens (tertiary/aromatic N) is 2. The van der Waals surface area contributed by atoms with Gasteiger partial charge in [0, 0.05) is 23.3 Å². The lowest BCUT2D eigenvalue weighted by Crippen LogP contribution is -2.06. The third-order valence-corrected chi connectivity index (χ3v) is 3.32. The van der Waals surface area contributed by atoms with Gasteiger partial charge in [-0.3, -0.25) is 4.98 Å². The van der Waals surface area contributed by atoms with Crippen LogP contribution in [0.1, 0.15) is 22.8 Å². The Labute approximate surface area is 116 Å². The van der Waals surface area contributed by atoms with Crippen LogP contribution < -0.4 is 5.73 Å². The predicted octanol–water partition coefficient (Wildman–Crippen LogP) is 2.60. The van der Waals surface area contributed by atoms with Gasteiger partial charge in [-0.05, 0) is 42.3 Å². The van der Waals surface area contributed by atoms with Gasteiger partial charge >= 0.3 is 0 Å². The van der Waals surface area contributed by atoms with Crippen molar-refractivity contribution >= 4 is 16.7 Å². The first-order chi connectivity index (χ1) is 9.65. The molecule has 1 aromatic carbocycles. The van der Waals surface area contributed by atoms with Crippen LogP contribution in [0.15, 0.2) is 48.8 Å². The third-order valence-electron chi connectivity index (χ3n) is 3.32. The van der Waals surface area contributed by atoms with Crippen molar-refractivity contribution in [2.24, 2.45) is 0 Å². The Bertz CT molecular complexity index is 771. The van der Waals surface area contributed by atoms with Crippen molar-refractivity contribution in [3.8, 4) is 0 Å². The molecule has 0 amide bonds. The molecule has 0 aliphatic heterocycles. The third kappa shape index (κ3) is 2.21. The number of hydrogen-bond donors (Lipinski definition) is 2. The number of hydrogen-bond acceptors (Lipinski definition) is 4. The van der Waals surface area contributed by atoms with Crippen molar-refractivity contribution in [3.05, 3.63) is 65.5 Å². The van der Waals surface area contributed by atoms with Gasteiger partial charge in [0.1, 0.15) is 11.9 Å². The highest BCUT2D eigenvalue weighted by Crippen LogP contribution is 2.28. The van der Waals surface area contributed by atoms with Crippen LogP contribution in [0.3, 0.4) is 0 Å². The van der Waals surface area contributed by atoms with Gasteiger partial charge in [-0.2, -0.15) is 0 Å². The lowest BCUT2D eigenvalue weighted by Gasteiger charge is -2.14. The smallest absolute Gasteiger partial charge is 0.129 e. The fourth-order valence-corrected chi connectivity index (χ4v) is 2.27. The van der Waals surface area contributed by atoms with E-state index in [1.165, 1.54) is 0 Å². The van der Waals surface area contributed by atoms with Crippen LogP contribution in [-0.4, -0.2) is 15.1 Å². The molecule has 0 bridgehead atoms. The van der Waals surface area contributed by atoms with Crippen molar-refractivity contribution in [3.63, 3.8) is 0 Å². The van der Waals surface area contributed by atoms with Crippen molar-refractivity contribution in [2.75, 3.05) is 5.73 Å². The molecule has 4 nitrogen and oxygen atoms in total. The Morgan fingerprint density at radius 2 is 2.00 bits per heavy atom. The number of fused-ring (bicyclic) bond motifs is 1. The highest BCUT2D eigenvalue weighted by atomic mass is 16.3. The van der Waals surface area contributed by atoms with Crippen LogP contribution in [0.25, 0.3) is 10.9 Å². The summed E-state index contributed by atoms with van der Waals surface area (Å²) in [7, 11) is 0. The molecule has 4 heteroatoms. The van der Waals surface area contributed by atoms with E-state index in [0.717, 1.165) is 22.0 Å². The molecule has 2 aromatic heterocycles. The van der Waals surface area contributed by atoms with Crippen molar-refractivity contribution in [2.45, 2.75) is 13.0 Å². The van der Waals surface area contributed by atoms with Crippen LogP contribution in [0, 0.1) is 6.92 Å². The molecule has 20 heavy (non-hydrogen) atoms. The summed E-state index contributed by atoms with van der Waals surface area (Å²) in [6, 6.07) is 11.4. The summed E-state index contributed by atoms with van der Waals surface area (Å²) in [6.07, 6.45) is 2.66. The molecule has 3 N–H and O–H groups in total. The number of anilines is 1. The van der Waals surface area contributed by atoms with Gasteiger partial charge in [-0.15, -0.1) is 0 Å². The molecule has 0 saturated carbocycles. The average molecular weight is 265 g/mol. The lowest BCUT2D eigenvalue weighted by atomic mass is 9.99. The topological polar surface area (TPSA) is 72.0 Å². The van der Waals surface area contributed by atoms with E-state index in [1.54, 1.807) is 12.4 Å². The molecule has 3 aromatic rings. The van der Waals surface area contributed by atoms with Crippen LogP contribution in [0.5, 0.6) is 0 Å². The first-order valence-electron chi connectivity index (χ1n) is 6.40. The second-order valence-corrected chi connectivity index (χ2v) is 4.85. The van der Waals surface area contributed by atoms with Gasteiger partial charge in [0.05, 0.1) is 5.52 Å².